The van der Waals surface area contributed by atoms with Crippen LogP contribution >= 0.6 is 77.1 Å². The van der Waals surface area contributed by atoms with Crippen LogP contribution in [0.2, 0.25) is 5.02 Å². The lowest BCUT2D eigenvalue weighted by molar-refractivity contribution is -0.385. The number of halogens is 5. The number of aliphatic carboxylic acids is 1. The van der Waals surface area contributed by atoms with Gasteiger partial charge in [0, 0.05) is 50.3 Å². The van der Waals surface area contributed by atoms with E-state index in [0.717, 1.165) is 95.4 Å². The number of ketones is 3. The molecule has 3 aliphatic rings. The molecule has 0 radical (unpaired) electrons. The van der Waals surface area contributed by atoms with E-state index >= 15 is 0 Å². The predicted octanol–water partition coefficient (Wildman–Crippen LogP) is 8.34. The number of sulfone groups is 1. The third-order valence-corrected chi connectivity index (χ3v) is 18.2. The van der Waals surface area contributed by atoms with E-state index in [2.05, 4.69) is 41.5 Å². The third-order valence-electron chi connectivity index (χ3n) is 13.5. The molecule has 26 nitrogen and oxygen atoms in total. The number of rotatable bonds is 19. The standard InChI is InChI=1S/C15H15ClFN3O3S2.C15H22ClNO2.C14H13NO7S.C11H11Cl2NO2.C3H8NO5P.C3H9S/c1-23-13(21)8-24-12-7-11(10(17)6-9(12)16)18-14-19-4-2-3-5-20(19)15(22)25-14;1-5-13-8-6-7-11(2)15(13)17(14(18)9-16)12(3)10-19-4;1-23(21,22)8-5-6-9(10(7-8)15(19)20)14(18)13-11(16)3-2-4-12(13)17;1-7-6-16-9-5-3-2-4-8(9)14(7)11(15)10(12)13;5-3(6)1-4-2-10(7,8)9;1-4(2)3/h6-7H,2-5,8H2,1H3;6-8,12H,5,9-10H2,1-4H3;5-7,13H,2-4H2,1H3;2-5,7,10H,6H2,1H3;4H,1-2H2,(H,5,6)(H2,7,8,9);1-3H3/q;;;;;+1/p-1/b18-14-;;;;;. The first kappa shape index (κ1) is 85.2. The Balaban J connectivity index is 0.000000319. The quantitative estimate of drug-likeness (QED) is 0.00804. The molecule has 1 saturated carbocycles. The van der Waals surface area contributed by atoms with Crippen LogP contribution < -0.4 is 34.4 Å². The molecule has 0 bridgehead atoms. The van der Waals surface area contributed by atoms with Crippen LogP contribution in [-0.2, 0) is 83.0 Å². The van der Waals surface area contributed by atoms with Crippen LogP contribution in [0, 0.1) is 28.8 Å². The van der Waals surface area contributed by atoms with Gasteiger partial charge in [-0.05, 0) is 116 Å². The number of nitrogens with zero attached hydrogens (tertiary/aromatic N) is 6. The van der Waals surface area contributed by atoms with Crippen LogP contribution in [0.1, 0.15) is 74.4 Å². The molecule has 36 heteroatoms. The number of alkyl halides is 3. The number of carbonyl (C=O) groups is 7. The van der Waals surface area contributed by atoms with E-state index in [0.29, 0.717) is 59.1 Å². The summed E-state index contributed by atoms with van der Waals surface area (Å²) < 4.78 is 65.8. The van der Waals surface area contributed by atoms with Crippen LogP contribution in [0.4, 0.5) is 27.1 Å². The number of aromatic nitrogens is 2. The molecule has 3 atom stereocenters. The highest BCUT2D eigenvalue weighted by molar-refractivity contribution is 8.00. The summed E-state index contributed by atoms with van der Waals surface area (Å²) in [5.74, 6) is -5.45. The number of methoxy groups -OCH3 is 2. The number of amides is 2. The Kier molecular flexibility index (Phi) is 35.9. The summed E-state index contributed by atoms with van der Waals surface area (Å²) in [6.45, 7) is 9.75. The number of carboxylic acids is 1. The first-order valence-corrected chi connectivity index (χ1v) is 39.0. The maximum atomic E-state index is 14.3. The lowest BCUT2D eigenvalue weighted by Crippen LogP contribution is -2.47. The molecule has 5 aromatic rings. The van der Waals surface area contributed by atoms with Crippen LogP contribution in [-0.4, -0.2) is 168 Å². The van der Waals surface area contributed by atoms with Gasteiger partial charge in [0.05, 0.1) is 94.9 Å². The first-order valence-electron chi connectivity index (χ1n) is 29.3. The zero-order valence-electron chi connectivity index (χ0n) is 54.6. The Morgan fingerprint density at radius 1 is 0.990 bits per heavy atom. The number of anilines is 2. The summed E-state index contributed by atoms with van der Waals surface area (Å²) in [4.78, 5) is 129. The van der Waals surface area contributed by atoms with Gasteiger partial charge in [-0.3, -0.25) is 58.5 Å². The maximum Gasteiger partial charge on any atom is 0.325 e. The van der Waals surface area contributed by atoms with Gasteiger partial charge in [0.15, 0.2) is 32.0 Å². The van der Waals surface area contributed by atoms with E-state index in [1.54, 1.807) is 26.3 Å². The van der Waals surface area contributed by atoms with Crippen LogP contribution in [0.15, 0.2) is 92.4 Å². The lowest BCUT2D eigenvalue weighted by Gasteiger charge is -2.35. The summed E-state index contributed by atoms with van der Waals surface area (Å²) in [7, 11) is -4.47. The minimum atomic E-state index is -4.35. The van der Waals surface area contributed by atoms with E-state index in [-0.39, 0.29) is 68.9 Å². The minimum Gasteiger partial charge on any atom is -0.778 e. The number of aryl methyl sites for hydroxylation is 2. The van der Waals surface area contributed by atoms with Gasteiger partial charge in [-0.1, -0.05) is 72.1 Å². The Morgan fingerprint density at radius 2 is 1.61 bits per heavy atom. The van der Waals surface area contributed by atoms with E-state index < -0.39 is 92.3 Å². The van der Waals surface area contributed by atoms with Crippen molar-refractivity contribution in [3.8, 4) is 5.75 Å². The number of Topliss-reactive ketones (excluding diaryl/α,β-unsaturated/α-hetero) is 3. The van der Waals surface area contributed by atoms with Crippen molar-refractivity contribution in [2.24, 2.45) is 10.9 Å². The second-order valence-electron chi connectivity index (χ2n) is 21.7. The van der Waals surface area contributed by atoms with Gasteiger partial charge in [0.25, 0.3) is 11.6 Å². The molecule has 1 fully saturated rings. The number of carboxylic acid groups (broad SMARTS) is 1. The molecule has 0 saturated heterocycles. The van der Waals surface area contributed by atoms with Crippen molar-refractivity contribution in [3.05, 3.63) is 125 Å². The number of carbonyl (C=O) groups excluding carboxylic acids is 6. The topological polar surface area (TPSA) is 363 Å². The number of fused-ring (bicyclic) bond motifs is 2. The van der Waals surface area contributed by atoms with Crippen molar-refractivity contribution >= 4 is 162 Å². The Hall–Kier alpha value is -6.06. The SMILES string of the molecule is CC1COc2ccccc2N1C(=O)C(Cl)Cl.CCc1cccc(C)c1N(C(=O)CCl)C(C)COC.COC(=O)CSc1cc(/N=c2\sc(=O)n3n2CCCC3)c(F)cc1Cl.CS(=O)(=O)c1ccc(C(=O)C2C(=O)CCCC2=O)c([N+](=O)[O-])c1.C[S+](C)C.O=C(O)CNCP(=O)([O-])O. The molecular weight excluding hydrogens is 1450 g/mol. The highest BCUT2D eigenvalue weighted by atomic mass is 35.5. The average Bonchev–Trinajstić information content (AvgIpc) is 1.58. The number of esters is 1. The number of para-hydroxylation sites is 3. The second kappa shape index (κ2) is 40.9. The molecule has 1 aliphatic carbocycles. The number of nitro groups is 1. The molecule has 2 aliphatic heterocycles. The minimum absolute atomic E-state index is 0.0223. The van der Waals surface area contributed by atoms with Crippen LogP contribution in [0.25, 0.3) is 0 Å². The average molecular weight is 1530 g/mol. The molecule has 1 aromatic heterocycles. The van der Waals surface area contributed by atoms with Crippen molar-refractivity contribution in [2.75, 3.05) is 86.7 Å². The van der Waals surface area contributed by atoms with Crippen molar-refractivity contribution in [1.29, 1.82) is 0 Å². The number of benzene rings is 4. The summed E-state index contributed by atoms with van der Waals surface area (Å²) >= 11 is 25.2. The first-order chi connectivity index (χ1) is 45.4. The molecule has 97 heavy (non-hydrogen) atoms. The Bertz CT molecular complexity index is 3890. The van der Waals surface area contributed by atoms with Crippen molar-refractivity contribution in [2.45, 2.75) is 106 Å². The number of nitro benzene ring substituents is 1. The van der Waals surface area contributed by atoms with E-state index in [4.69, 9.17) is 65.9 Å². The Morgan fingerprint density at radius 3 is 2.15 bits per heavy atom. The Labute approximate surface area is 591 Å². The van der Waals surface area contributed by atoms with Gasteiger partial charge in [0.2, 0.25) is 10.7 Å². The maximum absolute atomic E-state index is 14.3. The molecule has 3 heterocycles. The van der Waals surface area contributed by atoms with Gasteiger partial charge in [-0.25, -0.2) is 22.5 Å². The van der Waals surface area contributed by atoms with Gasteiger partial charge in [0.1, 0.15) is 43.3 Å². The van der Waals surface area contributed by atoms with E-state index in [1.165, 1.54) is 13.2 Å². The summed E-state index contributed by atoms with van der Waals surface area (Å²) in [6.07, 6.45) is 10.0. The fraction of sp³-hybridized carbons (Fsp3) is 0.459. The number of hydrogen-bond acceptors (Lipinski definition) is 21. The summed E-state index contributed by atoms with van der Waals surface area (Å²) in [6, 6.07) is 18.8. The van der Waals surface area contributed by atoms with Crippen molar-refractivity contribution in [1.82, 2.24) is 14.7 Å². The fourth-order valence-electron chi connectivity index (χ4n) is 9.25. The molecule has 534 valence electrons. The van der Waals surface area contributed by atoms with Crippen molar-refractivity contribution < 1.29 is 85.0 Å². The predicted molar refractivity (Wildman–Crippen MR) is 373 cm³/mol. The molecule has 3 unspecified atom stereocenters. The van der Waals surface area contributed by atoms with Crippen LogP contribution in [0.3, 0.4) is 0 Å². The number of nitrogens with one attached hydrogen (secondary N) is 1. The van der Waals surface area contributed by atoms with Crippen molar-refractivity contribution in [3.63, 3.8) is 0 Å². The number of thioether (sulfide) groups is 1. The zero-order chi connectivity index (χ0) is 73.2. The molecule has 0 spiro atoms. The van der Waals surface area contributed by atoms with Gasteiger partial charge >= 0.3 is 16.8 Å². The third kappa shape index (κ3) is 26.9. The van der Waals surface area contributed by atoms with Gasteiger partial charge in [-0.15, -0.1) is 23.4 Å². The highest BCUT2D eigenvalue weighted by Crippen LogP contribution is 2.36. The van der Waals surface area contributed by atoms with Crippen LogP contribution in [0.5, 0.6) is 5.75 Å². The van der Waals surface area contributed by atoms with E-state index in [1.807, 2.05) is 62.5 Å². The fourth-order valence-corrected chi connectivity index (χ4v) is 12.6. The highest BCUT2D eigenvalue weighted by Gasteiger charge is 2.39. The zero-order valence-corrected chi connectivity index (χ0v) is 61.8. The normalized spacial score (nSPS) is 15.2. The smallest absolute Gasteiger partial charge is 0.325 e. The monoisotopic (exact) mass is 1530 g/mol. The lowest BCUT2D eigenvalue weighted by atomic mass is 9.81. The molecule has 2 amide bonds. The summed E-state index contributed by atoms with van der Waals surface area (Å²) in [5, 5.41) is 21.3. The number of hydrogen-bond donors (Lipinski definition) is 3. The number of ether oxygens (including phenoxy) is 3. The molecule has 4 aromatic carbocycles. The van der Waals surface area contributed by atoms with Gasteiger partial charge < -0.3 is 43.5 Å². The largest absolute Gasteiger partial charge is 0.778 e. The van der Waals surface area contributed by atoms with E-state index in [9.17, 15) is 70.7 Å². The molecular formula is C61H77Cl4FN7O19PS4. The molecule has 8 rings (SSSR count). The second-order valence-corrected chi connectivity index (χ2v) is 31.5. The summed E-state index contributed by atoms with van der Waals surface area (Å²) in [5.41, 5.74) is 2.85. The molecule has 3 N–H and O–H groups in total. The van der Waals surface area contributed by atoms with Gasteiger partial charge in [-0.2, -0.15) is 0 Å².